The number of hydrogen-bond acceptors (Lipinski definition) is 5. The number of pyridine rings is 1. The molecule has 174 valence electrons. The molecular weight excluding hydrogens is 463 g/mol. The standard InChI is InChI=1S/C25H20F3N3O2S/c1-16-10-20(30-23-9-7-19(14-29-23)25(26,27)28)13-22(11-16)34-31-24(32)15-33-21-8-6-17-4-2-3-5-18(17)12-21/h2-14H,15H2,1H3,(H,29,30)(H,31,32). The van der Waals surface area contributed by atoms with Crippen LogP contribution in [0, 0.1) is 6.92 Å². The van der Waals surface area contributed by atoms with E-state index in [0.717, 1.165) is 45.4 Å². The van der Waals surface area contributed by atoms with Crippen LogP contribution in [0.5, 0.6) is 5.75 Å². The smallest absolute Gasteiger partial charge is 0.417 e. The molecule has 0 aliphatic carbocycles. The summed E-state index contributed by atoms with van der Waals surface area (Å²) in [5.74, 6) is 0.575. The van der Waals surface area contributed by atoms with Crippen LogP contribution in [0.3, 0.4) is 0 Å². The Kier molecular flexibility index (Phi) is 6.93. The second-order valence-corrected chi connectivity index (χ2v) is 8.39. The lowest BCUT2D eigenvalue weighted by Crippen LogP contribution is -2.23. The fourth-order valence-electron chi connectivity index (χ4n) is 3.21. The predicted molar refractivity (Wildman–Crippen MR) is 127 cm³/mol. The normalized spacial score (nSPS) is 11.3. The molecule has 1 aromatic heterocycles. The number of aryl methyl sites for hydroxylation is 1. The number of rotatable bonds is 7. The van der Waals surface area contributed by atoms with Gasteiger partial charge in [0.1, 0.15) is 11.6 Å². The van der Waals surface area contributed by atoms with E-state index in [4.69, 9.17) is 4.74 Å². The molecule has 4 rings (SSSR count). The van der Waals surface area contributed by atoms with E-state index in [0.29, 0.717) is 11.4 Å². The monoisotopic (exact) mass is 483 g/mol. The number of carbonyl (C=O) groups excluding carboxylic acids is 1. The molecule has 4 aromatic rings. The molecule has 0 aliphatic rings. The van der Waals surface area contributed by atoms with Gasteiger partial charge in [0.15, 0.2) is 6.61 Å². The molecule has 0 fully saturated rings. The Bertz CT molecular complexity index is 1310. The van der Waals surface area contributed by atoms with Gasteiger partial charge in [0.05, 0.1) is 5.56 Å². The van der Waals surface area contributed by atoms with Crippen LogP contribution < -0.4 is 14.8 Å². The number of hydrogen-bond donors (Lipinski definition) is 2. The summed E-state index contributed by atoms with van der Waals surface area (Å²) < 4.78 is 46.5. The molecule has 0 unspecified atom stereocenters. The summed E-state index contributed by atoms with van der Waals surface area (Å²) in [5.41, 5.74) is 0.727. The number of alkyl halides is 3. The molecule has 1 amide bonds. The van der Waals surface area contributed by atoms with E-state index in [1.54, 1.807) is 6.07 Å². The van der Waals surface area contributed by atoms with Gasteiger partial charge in [-0.1, -0.05) is 30.3 Å². The molecule has 9 heteroatoms. The summed E-state index contributed by atoms with van der Waals surface area (Å²) in [6.45, 7) is 1.73. The molecule has 2 N–H and O–H groups in total. The topological polar surface area (TPSA) is 63.2 Å². The van der Waals surface area contributed by atoms with E-state index in [-0.39, 0.29) is 18.3 Å². The van der Waals surface area contributed by atoms with Gasteiger partial charge in [-0.25, -0.2) is 4.98 Å². The minimum Gasteiger partial charge on any atom is -0.484 e. The van der Waals surface area contributed by atoms with Crippen LogP contribution in [0.4, 0.5) is 24.7 Å². The van der Waals surface area contributed by atoms with Crippen LogP contribution in [-0.2, 0) is 11.0 Å². The zero-order chi connectivity index (χ0) is 24.1. The van der Waals surface area contributed by atoms with Crippen molar-refractivity contribution in [3.05, 3.63) is 90.1 Å². The maximum atomic E-state index is 12.7. The van der Waals surface area contributed by atoms with E-state index in [1.165, 1.54) is 6.07 Å². The number of fused-ring (bicyclic) bond motifs is 1. The SMILES string of the molecule is Cc1cc(Nc2ccc(C(F)(F)F)cn2)cc(SNC(=O)COc2ccc3ccccc3c2)c1. The largest absolute Gasteiger partial charge is 0.484 e. The Morgan fingerprint density at radius 2 is 1.79 bits per heavy atom. The van der Waals surface area contributed by atoms with E-state index >= 15 is 0 Å². The summed E-state index contributed by atoms with van der Waals surface area (Å²) in [6.07, 6.45) is -3.65. The molecule has 5 nitrogen and oxygen atoms in total. The van der Waals surface area contributed by atoms with E-state index in [2.05, 4.69) is 15.0 Å². The lowest BCUT2D eigenvalue weighted by molar-refractivity contribution is -0.137. The summed E-state index contributed by atoms with van der Waals surface area (Å²) in [5, 5.41) is 5.10. The van der Waals surface area contributed by atoms with Crippen molar-refractivity contribution in [2.45, 2.75) is 18.0 Å². The maximum absolute atomic E-state index is 12.7. The molecule has 0 spiro atoms. The first-order valence-corrected chi connectivity index (χ1v) is 11.1. The number of nitrogens with one attached hydrogen (secondary N) is 2. The zero-order valence-corrected chi connectivity index (χ0v) is 18.8. The Morgan fingerprint density at radius 3 is 2.53 bits per heavy atom. The molecule has 1 heterocycles. The number of nitrogens with zero attached hydrogens (tertiary/aromatic N) is 1. The Hall–Kier alpha value is -3.72. The van der Waals surface area contributed by atoms with Crippen LogP contribution in [0.15, 0.2) is 83.9 Å². The maximum Gasteiger partial charge on any atom is 0.417 e. The minimum atomic E-state index is -4.44. The number of aromatic nitrogens is 1. The van der Waals surface area contributed by atoms with Gasteiger partial charge in [-0.2, -0.15) is 13.2 Å². The molecule has 34 heavy (non-hydrogen) atoms. The van der Waals surface area contributed by atoms with Crippen molar-refractivity contribution in [3.8, 4) is 5.75 Å². The third-order valence-electron chi connectivity index (χ3n) is 4.79. The van der Waals surface area contributed by atoms with E-state index in [1.807, 2.05) is 61.5 Å². The van der Waals surface area contributed by atoms with Gasteiger partial charge in [-0.05, 0) is 77.7 Å². The summed E-state index contributed by atoms with van der Waals surface area (Å²) in [4.78, 5) is 16.8. The van der Waals surface area contributed by atoms with Crippen molar-refractivity contribution < 1.29 is 22.7 Å². The highest BCUT2D eigenvalue weighted by molar-refractivity contribution is 7.98. The minimum absolute atomic E-state index is 0.141. The van der Waals surface area contributed by atoms with E-state index < -0.39 is 11.7 Å². The van der Waals surface area contributed by atoms with Gasteiger partial charge in [-0.15, -0.1) is 0 Å². The Morgan fingerprint density at radius 1 is 1.00 bits per heavy atom. The van der Waals surface area contributed by atoms with Crippen LogP contribution in [0.2, 0.25) is 0 Å². The third kappa shape index (κ3) is 6.20. The van der Waals surface area contributed by atoms with Crippen molar-refractivity contribution in [2.75, 3.05) is 11.9 Å². The predicted octanol–water partition coefficient (Wildman–Crippen LogP) is 6.51. The second kappa shape index (κ2) is 10.0. The molecule has 0 radical (unpaired) electrons. The number of carbonyl (C=O) groups is 1. The van der Waals surface area contributed by atoms with Gasteiger partial charge in [0.25, 0.3) is 5.91 Å². The van der Waals surface area contributed by atoms with Crippen molar-refractivity contribution in [1.29, 1.82) is 0 Å². The fraction of sp³-hybridized carbons (Fsp3) is 0.120. The van der Waals surface area contributed by atoms with Crippen molar-refractivity contribution in [2.24, 2.45) is 0 Å². The molecule has 0 atom stereocenters. The quantitative estimate of drug-likeness (QED) is 0.294. The van der Waals surface area contributed by atoms with Crippen LogP contribution in [0.1, 0.15) is 11.1 Å². The number of halogens is 3. The van der Waals surface area contributed by atoms with Crippen LogP contribution in [-0.4, -0.2) is 17.5 Å². The van der Waals surface area contributed by atoms with Crippen LogP contribution in [0.25, 0.3) is 10.8 Å². The lowest BCUT2D eigenvalue weighted by Gasteiger charge is -2.11. The van der Waals surface area contributed by atoms with Crippen LogP contribution >= 0.6 is 11.9 Å². The first-order chi connectivity index (χ1) is 16.3. The Labute approximate surface area is 198 Å². The molecule has 0 bridgehead atoms. The molecular formula is C25H20F3N3O2S. The molecule has 0 saturated carbocycles. The van der Waals surface area contributed by atoms with Crippen molar-refractivity contribution in [1.82, 2.24) is 9.71 Å². The second-order valence-electron chi connectivity index (χ2n) is 7.51. The Balaban J connectivity index is 1.33. The van der Waals surface area contributed by atoms with Gasteiger partial charge in [0, 0.05) is 16.8 Å². The number of amides is 1. The number of anilines is 2. The molecule has 0 aliphatic heterocycles. The van der Waals surface area contributed by atoms with E-state index in [9.17, 15) is 18.0 Å². The third-order valence-corrected chi connectivity index (χ3v) is 5.59. The average molecular weight is 484 g/mol. The average Bonchev–Trinajstić information content (AvgIpc) is 2.81. The highest BCUT2D eigenvalue weighted by Gasteiger charge is 2.30. The fourth-order valence-corrected chi connectivity index (χ4v) is 3.94. The number of benzene rings is 3. The first kappa shape index (κ1) is 23.4. The van der Waals surface area contributed by atoms with Gasteiger partial charge in [-0.3, -0.25) is 9.52 Å². The van der Waals surface area contributed by atoms with Gasteiger partial charge in [0.2, 0.25) is 0 Å². The summed E-state index contributed by atoms with van der Waals surface area (Å²) in [6, 6.07) is 21.2. The van der Waals surface area contributed by atoms with Gasteiger partial charge < -0.3 is 10.1 Å². The lowest BCUT2D eigenvalue weighted by atomic mass is 10.1. The zero-order valence-electron chi connectivity index (χ0n) is 18.0. The van der Waals surface area contributed by atoms with Crippen molar-refractivity contribution >= 4 is 40.1 Å². The first-order valence-electron chi connectivity index (χ1n) is 10.3. The van der Waals surface area contributed by atoms with Crippen molar-refractivity contribution in [3.63, 3.8) is 0 Å². The highest BCUT2D eigenvalue weighted by Crippen LogP contribution is 2.30. The summed E-state index contributed by atoms with van der Waals surface area (Å²) >= 11 is 1.12. The number of ether oxygens (including phenoxy) is 1. The summed E-state index contributed by atoms with van der Waals surface area (Å²) in [7, 11) is 0. The molecule has 3 aromatic carbocycles. The van der Waals surface area contributed by atoms with Gasteiger partial charge >= 0.3 is 6.18 Å². The molecule has 0 saturated heterocycles. The highest BCUT2D eigenvalue weighted by atomic mass is 32.2.